The van der Waals surface area contributed by atoms with Crippen LogP contribution in [0, 0.1) is 6.92 Å². The van der Waals surface area contributed by atoms with Crippen LogP contribution in [-0.2, 0) is 17.3 Å². The van der Waals surface area contributed by atoms with Gasteiger partial charge in [-0.05, 0) is 48.7 Å². The average Bonchev–Trinajstić information content (AvgIpc) is 3.42. The zero-order chi connectivity index (χ0) is 25.5. The number of oxazole rings is 2. The number of carbonyl (C=O) groups is 1. The molecule has 4 rings (SSSR count). The third-order valence-electron chi connectivity index (χ3n) is 5.85. The largest absolute Gasteiger partial charge is 0.462 e. The molecule has 0 fully saturated rings. The maximum Gasteiger partial charge on any atom is 0.338 e. The van der Waals surface area contributed by atoms with Gasteiger partial charge in [-0.2, -0.15) is 0 Å². The lowest BCUT2D eigenvalue weighted by Crippen LogP contribution is -2.09. The van der Waals surface area contributed by atoms with Crippen LogP contribution in [0.3, 0.4) is 0 Å². The molecule has 0 aliphatic heterocycles. The minimum absolute atomic E-state index is 0.00861. The van der Waals surface area contributed by atoms with Gasteiger partial charge >= 0.3 is 5.97 Å². The van der Waals surface area contributed by atoms with Gasteiger partial charge in [0, 0.05) is 18.8 Å². The number of hydrogen-bond acceptors (Lipinski definition) is 7. The van der Waals surface area contributed by atoms with Crippen LogP contribution in [0.5, 0.6) is 0 Å². The predicted molar refractivity (Wildman–Crippen MR) is 126 cm³/mol. The SMILES string of the molecule is Cc1cc(C(=O)OCCC(C)c2nc3cc(CO)cc(C(C)(F)F)c3o2)cc2nc(C(C)C)oc12. The number of aryl methyl sites for hydroxylation is 1. The topological polar surface area (TPSA) is 98.6 Å². The molecule has 7 nitrogen and oxygen atoms in total. The molecule has 2 heterocycles. The van der Waals surface area contributed by atoms with Gasteiger partial charge in [0.1, 0.15) is 11.0 Å². The Morgan fingerprint density at radius 3 is 2.37 bits per heavy atom. The fraction of sp³-hybridized carbons (Fsp3) is 0.423. The Morgan fingerprint density at radius 1 is 1.06 bits per heavy atom. The van der Waals surface area contributed by atoms with Gasteiger partial charge in [0.05, 0.1) is 24.3 Å². The first kappa shape index (κ1) is 24.8. The number of fused-ring (bicyclic) bond motifs is 2. The van der Waals surface area contributed by atoms with E-state index in [0.717, 1.165) is 12.5 Å². The summed E-state index contributed by atoms with van der Waals surface area (Å²) in [6, 6.07) is 6.10. The number of esters is 1. The van der Waals surface area contributed by atoms with Gasteiger partial charge in [-0.3, -0.25) is 0 Å². The van der Waals surface area contributed by atoms with Crippen molar-refractivity contribution in [3.63, 3.8) is 0 Å². The van der Waals surface area contributed by atoms with Gasteiger partial charge in [-0.25, -0.2) is 23.5 Å². The highest BCUT2D eigenvalue weighted by molar-refractivity contribution is 5.94. The van der Waals surface area contributed by atoms with E-state index in [2.05, 4.69) is 9.97 Å². The van der Waals surface area contributed by atoms with Crippen molar-refractivity contribution in [3.05, 3.63) is 58.3 Å². The predicted octanol–water partition coefficient (Wildman–Crippen LogP) is 6.36. The molecule has 0 radical (unpaired) electrons. The lowest BCUT2D eigenvalue weighted by atomic mass is 10.1. The Morgan fingerprint density at radius 2 is 1.71 bits per heavy atom. The van der Waals surface area contributed by atoms with Crippen LogP contribution in [0.2, 0.25) is 0 Å². The molecule has 0 saturated carbocycles. The fourth-order valence-corrected chi connectivity index (χ4v) is 3.85. The molecule has 1 atom stereocenters. The van der Waals surface area contributed by atoms with Gasteiger partial charge in [0.25, 0.3) is 5.92 Å². The molecule has 0 aliphatic rings. The first-order chi connectivity index (χ1) is 16.5. The Kier molecular flexibility index (Phi) is 6.64. The summed E-state index contributed by atoms with van der Waals surface area (Å²) in [6.07, 6.45) is 0.381. The summed E-state index contributed by atoms with van der Waals surface area (Å²) in [5, 5.41) is 9.41. The molecule has 2 aromatic carbocycles. The molecule has 0 spiro atoms. The van der Waals surface area contributed by atoms with Gasteiger partial charge in [-0.15, -0.1) is 0 Å². The number of halogens is 2. The van der Waals surface area contributed by atoms with E-state index >= 15 is 0 Å². The second-order valence-electron chi connectivity index (χ2n) is 9.26. The zero-order valence-electron chi connectivity index (χ0n) is 20.3. The van der Waals surface area contributed by atoms with Crippen LogP contribution < -0.4 is 0 Å². The summed E-state index contributed by atoms with van der Waals surface area (Å²) in [7, 11) is 0. The maximum atomic E-state index is 14.1. The number of aromatic nitrogens is 2. The Labute approximate surface area is 201 Å². The third-order valence-corrected chi connectivity index (χ3v) is 5.85. The number of rotatable bonds is 8. The molecule has 1 unspecified atom stereocenters. The highest BCUT2D eigenvalue weighted by Crippen LogP contribution is 2.36. The standard InChI is InChI=1S/C26H28F2N2O5/c1-13(2)23-29-20-11-17(8-15(4)21(20)34-23)25(32)33-7-6-14(3)24-30-19-10-16(12-31)9-18(22(19)35-24)26(5,27)28/h8-11,13-14,31H,6-7,12H2,1-5H3. The van der Waals surface area contributed by atoms with Crippen LogP contribution in [0.25, 0.3) is 22.2 Å². The maximum absolute atomic E-state index is 14.1. The van der Waals surface area contributed by atoms with Gasteiger partial charge in [0.15, 0.2) is 22.9 Å². The Bertz CT molecular complexity index is 1380. The number of alkyl halides is 2. The van der Waals surface area contributed by atoms with Crippen molar-refractivity contribution in [2.24, 2.45) is 0 Å². The number of benzene rings is 2. The zero-order valence-corrected chi connectivity index (χ0v) is 20.3. The van der Waals surface area contributed by atoms with E-state index in [9.17, 15) is 18.7 Å². The van der Waals surface area contributed by atoms with E-state index in [0.29, 0.717) is 34.5 Å². The third kappa shape index (κ3) is 5.05. The smallest absolute Gasteiger partial charge is 0.338 e. The number of aliphatic hydroxyl groups excluding tert-OH is 1. The van der Waals surface area contributed by atoms with E-state index in [-0.39, 0.29) is 47.6 Å². The molecule has 35 heavy (non-hydrogen) atoms. The number of nitrogens with zero attached hydrogens (tertiary/aromatic N) is 2. The van der Waals surface area contributed by atoms with Crippen molar-refractivity contribution >= 4 is 28.2 Å². The van der Waals surface area contributed by atoms with Crippen molar-refractivity contribution in [2.75, 3.05) is 6.61 Å². The molecule has 2 aromatic heterocycles. The monoisotopic (exact) mass is 486 g/mol. The Balaban J connectivity index is 1.46. The molecule has 1 N–H and O–H groups in total. The van der Waals surface area contributed by atoms with Crippen LogP contribution in [0.1, 0.15) is 84.8 Å². The van der Waals surface area contributed by atoms with Crippen LogP contribution >= 0.6 is 0 Å². The normalized spacial score (nSPS) is 13.2. The van der Waals surface area contributed by atoms with E-state index < -0.39 is 11.9 Å². The first-order valence-corrected chi connectivity index (χ1v) is 11.5. The lowest BCUT2D eigenvalue weighted by molar-refractivity contribution is 0.0179. The van der Waals surface area contributed by atoms with Crippen LogP contribution in [0.4, 0.5) is 8.78 Å². The minimum atomic E-state index is -3.15. The first-order valence-electron chi connectivity index (χ1n) is 11.5. The van der Waals surface area contributed by atoms with Gasteiger partial charge in [0.2, 0.25) is 0 Å². The van der Waals surface area contributed by atoms with Crippen molar-refractivity contribution in [2.45, 2.75) is 65.4 Å². The molecule has 0 amide bonds. The van der Waals surface area contributed by atoms with Crippen molar-refractivity contribution < 1.29 is 32.3 Å². The summed E-state index contributed by atoms with van der Waals surface area (Å²) in [5.41, 5.74) is 2.67. The highest BCUT2D eigenvalue weighted by atomic mass is 19.3. The number of carbonyl (C=O) groups excluding carboxylic acids is 1. The van der Waals surface area contributed by atoms with Crippen molar-refractivity contribution in [3.8, 4) is 0 Å². The molecule has 0 saturated heterocycles. The van der Waals surface area contributed by atoms with Gasteiger partial charge in [-0.1, -0.05) is 20.8 Å². The summed E-state index contributed by atoms with van der Waals surface area (Å²) in [4.78, 5) is 21.4. The number of ether oxygens (including phenoxy) is 1. The molecular formula is C26H28F2N2O5. The van der Waals surface area contributed by atoms with Crippen LogP contribution in [0.15, 0.2) is 33.1 Å². The molecule has 0 aliphatic carbocycles. The fourth-order valence-electron chi connectivity index (χ4n) is 3.85. The van der Waals surface area contributed by atoms with E-state index in [4.69, 9.17) is 13.6 Å². The summed E-state index contributed by atoms with van der Waals surface area (Å²) >= 11 is 0. The van der Waals surface area contributed by atoms with E-state index in [1.807, 2.05) is 27.7 Å². The van der Waals surface area contributed by atoms with E-state index in [1.165, 1.54) is 12.1 Å². The minimum Gasteiger partial charge on any atom is -0.462 e. The lowest BCUT2D eigenvalue weighted by Gasteiger charge is -2.12. The number of aliphatic hydroxyl groups is 1. The Hall–Kier alpha value is -3.33. The molecule has 0 bridgehead atoms. The highest BCUT2D eigenvalue weighted by Gasteiger charge is 2.30. The molecule has 9 heteroatoms. The second kappa shape index (κ2) is 9.37. The summed E-state index contributed by atoms with van der Waals surface area (Å²) in [6.45, 7) is 8.10. The molecule has 4 aromatic rings. The summed E-state index contributed by atoms with van der Waals surface area (Å²) in [5.74, 6) is -2.94. The summed E-state index contributed by atoms with van der Waals surface area (Å²) < 4.78 is 45.1. The quantitative estimate of drug-likeness (QED) is 0.290. The molecular weight excluding hydrogens is 458 g/mol. The van der Waals surface area contributed by atoms with Gasteiger partial charge < -0.3 is 18.7 Å². The van der Waals surface area contributed by atoms with Crippen molar-refractivity contribution in [1.29, 1.82) is 0 Å². The van der Waals surface area contributed by atoms with E-state index in [1.54, 1.807) is 12.1 Å². The van der Waals surface area contributed by atoms with Crippen LogP contribution in [-0.4, -0.2) is 27.7 Å². The second-order valence-corrected chi connectivity index (χ2v) is 9.26. The average molecular weight is 487 g/mol. The van der Waals surface area contributed by atoms with Crippen molar-refractivity contribution in [1.82, 2.24) is 9.97 Å². The number of hydrogen-bond donors (Lipinski definition) is 1. The molecule has 186 valence electrons.